The second kappa shape index (κ2) is 7.77. The van der Waals surface area contributed by atoms with Gasteiger partial charge in [0.05, 0.1) is 12.6 Å². The van der Waals surface area contributed by atoms with Gasteiger partial charge in [-0.15, -0.1) is 0 Å². The Labute approximate surface area is 125 Å². The lowest BCUT2D eigenvalue weighted by Crippen LogP contribution is -2.49. The maximum Gasteiger partial charge on any atom is 0.303 e. The molecule has 1 heterocycles. The fourth-order valence-corrected chi connectivity index (χ4v) is 2.93. The summed E-state index contributed by atoms with van der Waals surface area (Å²) in [6.07, 6.45) is 1.02. The van der Waals surface area contributed by atoms with Crippen molar-refractivity contribution in [3.05, 3.63) is 35.9 Å². The number of aliphatic carboxylic acids is 1. The Kier molecular flexibility index (Phi) is 5.73. The minimum absolute atomic E-state index is 0.109. The Morgan fingerprint density at radius 3 is 2.81 bits per heavy atom. The number of hydrogen-bond acceptors (Lipinski definition) is 4. The number of rotatable bonds is 6. The van der Waals surface area contributed by atoms with Gasteiger partial charge in [-0.2, -0.15) is 5.26 Å². The maximum absolute atomic E-state index is 10.9. The molecule has 1 fully saturated rings. The van der Waals surface area contributed by atoms with Crippen molar-refractivity contribution in [1.29, 1.82) is 5.26 Å². The summed E-state index contributed by atoms with van der Waals surface area (Å²) in [6.45, 7) is 2.63. The summed E-state index contributed by atoms with van der Waals surface area (Å²) >= 11 is 0. The number of carboxylic acids is 1. The largest absolute Gasteiger partial charge is 0.481 e. The summed E-state index contributed by atoms with van der Waals surface area (Å²) in [5.74, 6) is -0.654. The van der Waals surface area contributed by atoms with E-state index in [0.717, 1.165) is 19.5 Å². The van der Waals surface area contributed by atoms with E-state index in [4.69, 9.17) is 10.4 Å². The SMILES string of the molecule is N#CCN1CC(CC(=O)O)CC(NCc2ccccc2)C1. The standard InChI is InChI=1S/C16H21N3O2/c17-6-7-19-11-14(9-16(20)21)8-15(12-19)18-10-13-4-2-1-3-5-13/h1-5,14-15,18H,7-12H2,(H,20,21). The molecule has 2 rings (SSSR count). The zero-order valence-electron chi connectivity index (χ0n) is 12.0. The van der Waals surface area contributed by atoms with Crippen LogP contribution in [-0.4, -0.2) is 41.7 Å². The van der Waals surface area contributed by atoms with Crippen molar-refractivity contribution in [2.45, 2.75) is 25.4 Å². The van der Waals surface area contributed by atoms with Crippen LogP contribution in [0.3, 0.4) is 0 Å². The van der Waals surface area contributed by atoms with Gasteiger partial charge in [-0.25, -0.2) is 0 Å². The van der Waals surface area contributed by atoms with Crippen molar-refractivity contribution in [2.75, 3.05) is 19.6 Å². The van der Waals surface area contributed by atoms with E-state index >= 15 is 0 Å². The normalized spacial score (nSPS) is 22.6. The number of hydrogen-bond donors (Lipinski definition) is 2. The molecule has 5 nitrogen and oxygen atoms in total. The van der Waals surface area contributed by atoms with Gasteiger partial charge in [0.15, 0.2) is 0 Å². The monoisotopic (exact) mass is 287 g/mol. The quantitative estimate of drug-likeness (QED) is 0.775. The van der Waals surface area contributed by atoms with Crippen LogP contribution in [0.4, 0.5) is 0 Å². The summed E-state index contributed by atoms with van der Waals surface area (Å²) in [4.78, 5) is 13.0. The molecule has 0 amide bonds. The van der Waals surface area contributed by atoms with Crippen molar-refractivity contribution in [3.8, 4) is 6.07 Å². The molecule has 0 saturated carbocycles. The number of carbonyl (C=O) groups is 1. The van der Waals surface area contributed by atoms with Crippen LogP contribution < -0.4 is 5.32 Å². The van der Waals surface area contributed by atoms with Crippen LogP contribution in [0.1, 0.15) is 18.4 Å². The van der Waals surface area contributed by atoms with E-state index in [9.17, 15) is 4.79 Å². The van der Waals surface area contributed by atoms with Crippen LogP contribution in [-0.2, 0) is 11.3 Å². The number of nitriles is 1. The van der Waals surface area contributed by atoms with Gasteiger partial charge >= 0.3 is 5.97 Å². The molecule has 1 aliphatic rings. The van der Waals surface area contributed by atoms with Gasteiger partial charge < -0.3 is 10.4 Å². The first-order valence-corrected chi connectivity index (χ1v) is 7.25. The van der Waals surface area contributed by atoms with Gasteiger partial charge in [-0.3, -0.25) is 9.69 Å². The van der Waals surface area contributed by atoms with E-state index < -0.39 is 5.97 Å². The van der Waals surface area contributed by atoms with E-state index in [1.807, 2.05) is 23.1 Å². The molecule has 1 saturated heterocycles. The summed E-state index contributed by atoms with van der Waals surface area (Å²) in [5, 5.41) is 21.3. The minimum Gasteiger partial charge on any atom is -0.481 e. The predicted molar refractivity (Wildman–Crippen MR) is 79.5 cm³/mol. The van der Waals surface area contributed by atoms with Crippen LogP contribution in [0.5, 0.6) is 0 Å². The van der Waals surface area contributed by atoms with E-state index in [0.29, 0.717) is 13.1 Å². The predicted octanol–water partition coefficient (Wildman–Crippen LogP) is 1.46. The third kappa shape index (κ3) is 5.18. The number of carboxylic acid groups (broad SMARTS) is 1. The van der Waals surface area contributed by atoms with Crippen LogP contribution >= 0.6 is 0 Å². The number of piperidine rings is 1. The average molecular weight is 287 g/mol. The first-order valence-electron chi connectivity index (χ1n) is 7.25. The van der Waals surface area contributed by atoms with Crippen molar-refractivity contribution in [3.63, 3.8) is 0 Å². The highest BCUT2D eigenvalue weighted by atomic mass is 16.4. The van der Waals surface area contributed by atoms with Crippen LogP contribution in [0.15, 0.2) is 30.3 Å². The summed E-state index contributed by atoms with van der Waals surface area (Å²) in [7, 11) is 0. The molecule has 21 heavy (non-hydrogen) atoms. The van der Waals surface area contributed by atoms with Crippen molar-refractivity contribution >= 4 is 5.97 Å². The third-order valence-corrected chi connectivity index (χ3v) is 3.81. The maximum atomic E-state index is 10.9. The molecule has 0 aliphatic carbocycles. The number of likely N-dealkylation sites (tertiary alicyclic amines) is 1. The molecule has 2 atom stereocenters. The molecule has 112 valence electrons. The Bertz CT molecular complexity index is 498. The molecule has 2 unspecified atom stereocenters. The molecule has 0 bridgehead atoms. The number of nitrogens with one attached hydrogen (secondary N) is 1. The topological polar surface area (TPSA) is 76.4 Å². The van der Waals surface area contributed by atoms with E-state index in [2.05, 4.69) is 23.5 Å². The van der Waals surface area contributed by atoms with Crippen molar-refractivity contribution < 1.29 is 9.90 Å². The van der Waals surface area contributed by atoms with Gasteiger partial charge in [-0.1, -0.05) is 30.3 Å². The number of benzene rings is 1. The molecule has 1 aromatic rings. The van der Waals surface area contributed by atoms with Gasteiger partial charge in [0.2, 0.25) is 0 Å². The lowest BCUT2D eigenvalue weighted by atomic mass is 9.91. The van der Waals surface area contributed by atoms with Crippen LogP contribution in [0.2, 0.25) is 0 Å². The summed E-state index contributed by atoms with van der Waals surface area (Å²) < 4.78 is 0. The lowest BCUT2D eigenvalue weighted by Gasteiger charge is -2.36. The molecular formula is C16H21N3O2. The first kappa shape index (κ1) is 15.5. The van der Waals surface area contributed by atoms with Gasteiger partial charge in [0.25, 0.3) is 0 Å². The van der Waals surface area contributed by atoms with Gasteiger partial charge in [-0.05, 0) is 17.9 Å². The molecule has 0 aromatic heterocycles. The second-order valence-electron chi connectivity index (χ2n) is 5.62. The molecule has 0 spiro atoms. The van der Waals surface area contributed by atoms with Crippen LogP contribution in [0, 0.1) is 17.2 Å². The van der Waals surface area contributed by atoms with Crippen molar-refractivity contribution in [2.24, 2.45) is 5.92 Å². The smallest absolute Gasteiger partial charge is 0.303 e. The van der Waals surface area contributed by atoms with Crippen LogP contribution in [0.25, 0.3) is 0 Å². The molecule has 1 aromatic carbocycles. The number of nitrogens with zero attached hydrogens (tertiary/aromatic N) is 2. The minimum atomic E-state index is -0.763. The molecular weight excluding hydrogens is 266 g/mol. The fourth-order valence-electron chi connectivity index (χ4n) is 2.93. The second-order valence-corrected chi connectivity index (χ2v) is 5.62. The molecule has 2 N–H and O–H groups in total. The molecule has 5 heteroatoms. The Hall–Kier alpha value is -1.90. The van der Waals surface area contributed by atoms with Gasteiger partial charge in [0.1, 0.15) is 0 Å². The molecule has 0 radical (unpaired) electrons. The Balaban J connectivity index is 1.90. The highest BCUT2D eigenvalue weighted by Crippen LogP contribution is 2.20. The molecule has 1 aliphatic heterocycles. The highest BCUT2D eigenvalue weighted by Gasteiger charge is 2.28. The summed E-state index contributed by atoms with van der Waals surface area (Å²) in [5.41, 5.74) is 1.21. The fraction of sp³-hybridized carbons (Fsp3) is 0.500. The average Bonchev–Trinajstić information content (AvgIpc) is 2.46. The van der Waals surface area contributed by atoms with Crippen molar-refractivity contribution in [1.82, 2.24) is 10.2 Å². The van der Waals surface area contributed by atoms with Gasteiger partial charge in [0, 0.05) is 32.1 Å². The third-order valence-electron chi connectivity index (χ3n) is 3.81. The zero-order valence-corrected chi connectivity index (χ0v) is 12.0. The zero-order chi connectivity index (χ0) is 15.1. The first-order chi connectivity index (χ1) is 10.2. The van der Waals surface area contributed by atoms with E-state index in [-0.39, 0.29) is 18.4 Å². The van der Waals surface area contributed by atoms with E-state index in [1.54, 1.807) is 0 Å². The summed E-state index contributed by atoms with van der Waals surface area (Å²) in [6, 6.07) is 12.5. The Morgan fingerprint density at radius 1 is 1.38 bits per heavy atom. The van der Waals surface area contributed by atoms with E-state index in [1.165, 1.54) is 5.56 Å². The Morgan fingerprint density at radius 2 is 2.14 bits per heavy atom. The lowest BCUT2D eigenvalue weighted by molar-refractivity contribution is -0.138. The highest BCUT2D eigenvalue weighted by molar-refractivity contribution is 5.67.